The molecule has 2 aromatic carbocycles. The predicted molar refractivity (Wildman–Crippen MR) is 131 cm³/mol. The number of rotatable bonds is 9. The monoisotopic (exact) mass is 536 g/mol. The maximum atomic E-state index is 13.2. The minimum Gasteiger partial charge on any atom is -0.493 e. The van der Waals surface area contributed by atoms with Gasteiger partial charge >= 0.3 is 17.8 Å². The summed E-state index contributed by atoms with van der Waals surface area (Å²) in [5, 5.41) is 0. The van der Waals surface area contributed by atoms with E-state index >= 15 is 0 Å². The Morgan fingerprint density at radius 1 is 1.00 bits per heavy atom. The van der Waals surface area contributed by atoms with Crippen molar-refractivity contribution >= 4 is 5.97 Å². The molecule has 0 aliphatic heterocycles. The van der Waals surface area contributed by atoms with Crippen LogP contribution in [-0.4, -0.2) is 35.4 Å². The van der Waals surface area contributed by atoms with Gasteiger partial charge in [0.25, 0.3) is 5.56 Å². The molecule has 0 spiro atoms. The van der Waals surface area contributed by atoms with Crippen LogP contribution in [0.4, 0.5) is 13.2 Å². The summed E-state index contributed by atoms with van der Waals surface area (Å²) in [5.74, 6) is 0.202. The molecule has 0 saturated heterocycles. The summed E-state index contributed by atoms with van der Waals surface area (Å²) in [5.41, 5.74) is -2.18. The molecule has 0 fully saturated rings. The van der Waals surface area contributed by atoms with E-state index < -0.39 is 35.2 Å². The molecule has 3 rings (SSSR count). The van der Waals surface area contributed by atoms with Gasteiger partial charge in [-0.1, -0.05) is 19.1 Å². The van der Waals surface area contributed by atoms with Crippen LogP contribution in [0.1, 0.15) is 30.7 Å². The van der Waals surface area contributed by atoms with Gasteiger partial charge in [-0.3, -0.25) is 9.36 Å². The minimum absolute atomic E-state index is 0.0164. The lowest BCUT2D eigenvalue weighted by atomic mass is 10.1. The van der Waals surface area contributed by atoms with E-state index in [4.69, 9.17) is 18.9 Å². The highest BCUT2D eigenvalue weighted by Gasteiger charge is 2.35. The summed E-state index contributed by atoms with van der Waals surface area (Å²) >= 11 is 0. The quantitative estimate of drug-likeness (QED) is 0.385. The maximum Gasteiger partial charge on any atom is 0.431 e. The first kappa shape index (κ1) is 28.4. The fourth-order valence-corrected chi connectivity index (χ4v) is 3.66. The molecule has 0 aliphatic carbocycles. The number of aromatic nitrogens is 2. The average Bonchev–Trinajstić information content (AvgIpc) is 2.88. The number of hydrogen-bond donors (Lipinski definition) is 0. The summed E-state index contributed by atoms with van der Waals surface area (Å²) in [4.78, 5) is 37.1. The van der Waals surface area contributed by atoms with E-state index in [-0.39, 0.29) is 23.8 Å². The van der Waals surface area contributed by atoms with E-state index in [2.05, 4.69) is 0 Å². The van der Waals surface area contributed by atoms with Crippen molar-refractivity contribution in [2.45, 2.75) is 39.2 Å². The molecule has 0 radical (unpaired) electrons. The normalized spacial score (nSPS) is 12.1. The fraction of sp³-hybridized carbons (Fsp3) is 0.346. The molecule has 3 aromatic rings. The Morgan fingerprint density at radius 3 is 2.32 bits per heavy atom. The molecule has 1 atom stereocenters. The third-order valence-electron chi connectivity index (χ3n) is 5.78. The Kier molecular flexibility index (Phi) is 8.54. The molecule has 12 heteroatoms. The lowest BCUT2D eigenvalue weighted by molar-refractivity contribution is -0.148. The second-order valence-electron chi connectivity index (χ2n) is 8.25. The first-order valence-corrected chi connectivity index (χ1v) is 11.5. The zero-order valence-corrected chi connectivity index (χ0v) is 21.4. The standard InChI is InChI=1S/C26H27F3N2O7/c1-6-16-7-8-17(20(11-16)38-15(2)24(33)36-5)14-37-21-12-18(9-10-19(21)35-4)31-23(32)13-22(26(27,28)29)30(3)25(31)34/h7-13,15H,6,14H2,1-5H3/t15-/m1/s1. The van der Waals surface area contributed by atoms with Crippen molar-refractivity contribution in [1.82, 2.24) is 9.13 Å². The van der Waals surface area contributed by atoms with E-state index in [0.29, 0.717) is 26.5 Å². The largest absolute Gasteiger partial charge is 0.493 e. The molecule has 0 aliphatic rings. The molecule has 0 unspecified atom stereocenters. The number of aryl methyl sites for hydroxylation is 1. The van der Waals surface area contributed by atoms with Crippen LogP contribution >= 0.6 is 0 Å². The summed E-state index contributed by atoms with van der Waals surface area (Å²) in [6, 6.07) is 9.85. The number of hydrogen-bond acceptors (Lipinski definition) is 7. The van der Waals surface area contributed by atoms with E-state index in [1.807, 2.05) is 13.0 Å². The topological polar surface area (TPSA) is 98.0 Å². The maximum absolute atomic E-state index is 13.2. The number of ether oxygens (including phenoxy) is 4. The first-order valence-electron chi connectivity index (χ1n) is 11.5. The van der Waals surface area contributed by atoms with Gasteiger partial charge in [-0.25, -0.2) is 14.2 Å². The van der Waals surface area contributed by atoms with Gasteiger partial charge in [-0.2, -0.15) is 13.2 Å². The van der Waals surface area contributed by atoms with Gasteiger partial charge in [0.2, 0.25) is 0 Å². The van der Waals surface area contributed by atoms with E-state index in [0.717, 1.165) is 19.0 Å². The van der Waals surface area contributed by atoms with Gasteiger partial charge in [-0.05, 0) is 37.1 Å². The zero-order valence-electron chi connectivity index (χ0n) is 21.4. The number of nitrogens with zero attached hydrogens (tertiary/aromatic N) is 2. The van der Waals surface area contributed by atoms with Gasteiger partial charge in [0.05, 0.1) is 19.9 Å². The van der Waals surface area contributed by atoms with Crippen LogP contribution in [0.15, 0.2) is 52.1 Å². The number of esters is 1. The number of halogens is 3. The van der Waals surface area contributed by atoms with E-state index in [9.17, 15) is 27.6 Å². The Labute approximate surface area is 215 Å². The number of methoxy groups -OCH3 is 2. The highest BCUT2D eigenvalue weighted by atomic mass is 19.4. The van der Waals surface area contributed by atoms with Crippen molar-refractivity contribution in [3.05, 3.63) is 80.1 Å². The Balaban J connectivity index is 1.99. The summed E-state index contributed by atoms with van der Waals surface area (Å²) in [6.07, 6.45) is -5.04. The lowest BCUT2D eigenvalue weighted by Crippen LogP contribution is -2.40. The lowest BCUT2D eigenvalue weighted by Gasteiger charge is -2.18. The minimum atomic E-state index is -4.88. The number of alkyl halides is 3. The Bertz CT molecular complexity index is 1440. The predicted octanol–water partition coefficient (Wildman–Crippen LogP) is 3.65. The van der Waals surface area contributed by atoms with Crippen molar-refractivity contribution in [3.63, 3.8) is 0 Å². The molecular formula is C26H27F3N2O7. The third-order valence-corrected chi connectivity index (χ3v) is 5.78. The number of benzene rings is 2. The van der Waals surface area contributed by atoms with Crippen molar-refractivity contribution in [1.29, 1.82) is 0 Å². The smallest absolute Gasteiger partial charge is 0.431 e. The Morgan fingerprint density at radius 2 is 1.71 bits per heavy atom. The van der Waals surface area contributed by atoms with Crippen molar-refractivity contribution in [2.75, 3.05) is 14.2 Å². The van der Waals surface area contributed by atoms with Crippen LogP contribution in [0.25, 0.3) is 5.69 Å². The van der Waals surface area contributed by atoms with Crippen LogP contribution in [0.3, 0.4) is 0 Å². The second-order valence-corrected chi connectivity index (χ2v) is 8.25. The van der Waals surface area contributed by atoms with Crippen molar-refractivity contribution in [2.24, 2.45) is 7.05 Å². The third kappa shape index (κ3) is 6.01. The summed E-state index contributed by atoms with van der Waals surface area (Å²) < 4.78 is 62.3. The molecule has 1 aromatic heterocycles. The van der Waals surface area contributed by atoms with Gasteiger partial charge in [0, 0.05) is 24.7 Å². The van der Waals surface area contributed by atoms with Gasteiger partial charge < -0.3 is 18.9 Å². The van der Waals surface area contributed by atoms with Crippen LogP contribution < -0.4 is 25.5 Å². The Hall–Kier alpha value is -4.22. The van der Waals surface area contributed by atoms with E-state index in [1.54, 1.807) is 19.1 Å². The molecular weight excluding hydrogens is 509 g/mol. The fourth-order valence-electron chi connectivity index (χ4n) is 3.66. The van der Waals surface area contributed by atoms with Gasteiger partial charge in [-0.15, -0.1) is 0 Å². The SMILES string of the molecule is CCc1ccc(COc2cc(-n3c(=O)cc(C(F)(F)F)n(C)c3=O)ccc2OC)c(O[C@H](C)C(=O)OC)c1. The molecule has 38 heavy (non-hydrogen) atoms. The van der Waals surface area contributed by atoms with Crippen LogP contribution in [0.2, 0.25) is 0 Å². The number of carbonyl (C=O) groups excluding carboxylic acids is 1. The second kappa shape index (κ2) is 11.4. The van der Waals surface area contributed by atoms with Crippen LogP contribution in [0.5, 0.6) is 17.2 Å². The van der Waals surface area contributed by atoms with Gasteiger partial charge in [0.1, 0.15) is 18.1 Å². The molecule has 0 amide bonds. The van der Waals surface area contributed by atoms with Crippen molar-refractivity contribution < 1.29 is 36.9 Å². The molecule has 0 bridgehead atoms. The molecule has 0 N–H and O–H groups in total. The van der Waals surface area contributed by atoms with Crippen molar-refractivity contribution in [3.8, 4) is 22.9 Å². The molecule has 0 saturated carbocycles. The highest BCUT2D eigenvalue weighted by molar-refractivity contribution is 5.74. The molecule has 9 nitrogen and oxygen atoms in total. The summed E-state index contributed by atoms with van der Waals surface area (Å²) in [6.45, 7) is 3.44. The first-order chi connectivity index (χ1) is 17.9. The summed E-state index contributed by atoms with van der Waals surface area (Å²) in [7, 11) is 3.57. The highest BCUT2D eigenvalue weighted by Crippen LogP contribution is 2.32. The van der Waals surface area contributed by atoms with Gasteiger partial charge in [0.15, 0.2) is 17.6 Å². The van der Waals surface area contributed by atoms with Crippen LogP contribution in [-0.2, 0) is 35.8 Å². The zero-order chi connectivity index (χ0) is 28.2. The van der Waals surface area contributed by atoms with E-state index in [1.165, 1.54) is 32.4 Å². The number of carbonyl (C=O) groups is 1. The van der Waals surface area contributed by atoms with Crippen LogP contribution in [0, 0.1) is 0 Å². The molecule has 204 valence electrons. The molecule has 1 heterocycles. The average molecular weight is 537 g/mol.